The molecule has 2 amide bonds. The number of carbonyl (C=O) groups excluding carboxylic acids is 2. The molecular weight excluding hydrogens is 394 g/mol. The highest BCUT2D eigenvalue weighted by Crippen LogP contribution is 2.21. The van der Waals surface area contributed by atoms with Crippen LogP contribution in [0.25, 0.3) is 17.3 Å². The van der Waals surface area contributed by atoms with E-state index in [0.29, 0.717) is 6.54 Å². The second-order valence-corrected chi connectivity index (χ2v) is 8.03. The topological polar surface area (TPSA) is 71.1 Å². The number of nitrogens with one attached hydrogen (secondary N) is 2. The van der Waals surface area contributed by atoms with Crippen LogP contribution in [0.3, 0.4) is 0 Å². The van der Waals surface area contributed by atoms with Crippen LogP contribution in [0.4, 0.5) is 0 Å². The smallest absolute Gasteiger partial charge is 0.244 e. The van der Waals surface area contributed by atoms with Crippen molar-refractivity contribution in [3.05, 3.63) is 82.2 Å². The van der Waals surface area contributed by atoms with E-state index in [1.165, 1.54) is 6.08 Å². The molecule has 3 rings (SSSR count). The van der Waals surface area contributed by atoms with Crippen LogP contribution in [0.2, 0.25) is 0 Å². The van der Waals surface area contributed by atoms with E-state index in [0.717, 1.165) is 33.8 Å². The average Bonchev–Trinajstić information content (AvgIpc) is 3.19. The van der Waals surface area contributed by atoms with Crippen LogP contribution < -0.4 is 10.6 Å². The highest BCUT2D eigenvalue weighted by atomic mass is 32.1. The van der Waals surface area contributed by atoms with Crippen molar-refractivity contribution in [2.45, 2.75) is 26.3 Å². The largest absolute Gasteiger partial charge is 0.354 e. The number of benzene rings is 2. The number of amides is 2. The van der Waals surface area contributed by atoms with Gasteiger partial charge in [0.25, 0.3) is 0 Å². The Labute approximate surface area is 180 Å². The van der Waals surface area contributed by atoms with Gasteiger partial charge in [0.2, 0.25) is 11.8 Å². The van der Waals surface area contributed by atoms with Crippen molar-refractivity contribution in [1.82, 2.24) is 15.6 Å². The standard InChI is InChI=1S/C24H25N3O2S/c1-17(26-23(28)13-10-19-6-4-3-5-7-19)24(29)25-15-14-20-8-11-21(12-9-20)22-16-30-18(2)27-22/h3-13,16-17H,14-15H2,1-2H3,(H,25,29)(H,26,28)/b13-10+. The Balaban J connectivity index is 1.41. The van der Waals surface area contributed by atoms with Crippen molar-refractivity contribution >= 4 is 29.2 Å². The normalized spacial score (nSPS) is 11.9. The Morgan fingerprint density at radius 2 is 1.83 bits per heavy atom. The molecule has 1 heterocycles. The molecule has 0 aliphatic heterocycles. The predicted octanol–water partition coefficient (Wildman–Crippen LogP) is 4.00. The summed E-state index contributed by atoms with van der Waals surface area (Å²) < 4.78 is 0. The number of rotatable bonds is 8. The summed E-state index contributed by atoms with van der Waals surface area (Å²) in [6, 6.07) is 17.1. The molecule has 154 valence electrons. The molecule has 0 saturated heterocycles. The lowest BCUT2D eigenvalue weighted by atomic mass is 10.1. The molecule has 0 aliphatic carbocycles. The number of hydrogen-bond acceptors (Lipinski definition) is 4. The van der Waals surface area contributed by atoms with Crippen molar-refractivity contribution < 1.29 is 9.59 Å². The molecule has 2 N–H and O–H groups in total. The van der Waals surface area contributed by atoms with Gasteiger partial charge in [-0.3, -0.25) is 9.59 Å². The quantitative estimate of drug-likeness (QED) is 0.542. The van der Waals surface area contributed by atoms with Gasteiger partial charge in [0.05, 0.1) is 10.7 Å². The number of carbonyl (C=O) groups is 2. The molecule has 6 heteroatoms. The van der Waals surface area contributed by atoms with Crippen LogP contribution in [-0.2, 0) is 16.0 Å². The summed E-state index contributed by atoms with van der Waals surface area (Å²) in [6.45, 7) is 4.18. The first-order valence-electron chi connectivity index (χ1n) is 9.84. The van der Waals surface area contributed by atoms with Gasteiger partial charge in [0.15, 0.2) is 0 Å². The fourth-order valence-corrected chi connectivity index (χ4v) is 3.51. The predicted molar refractivity (Wildman–Crippen MR) is 122 cm³/mol. The fourth-order valence-electron chi connectivity index (χ4n) is 2.88. The first-order valence-corrected chi connectivity index (χ1v) is 10.7. The summed E-state index contributed by atoms with van der Waals surface area (Å²) >= 11 is 1.64. The maximum atomic E-state index is 12.2. The summed E-state index contributed by atoms with van der Waals surface area (Å²) in [4.78, 5) is 28.7. The van der Waals surface area contributed by atoms with Crippen molar-refractivity contribution in [2.24, 2.45) is 0 Å². The van der Waals surface area contributed by atoms with Crippen LogP contribution in [0.1, 0.15) is 23.1 Å². The Morgan fingerprint density at radius 3 is 2.50 bits per heavy atom. The molecule has 2 aromatic carbocycles. The number of aromatic nitrogens is 1. The summed E-state index contributed by atoms with van der Waals surface area (Å²) in [5, 5.41) is 8.65. The summed E-state index contributed by atoms with van der Waals surface area (Å²) in [5.74, 6) is -0.500. The van der Waals surface area contributed by atoms with Gasteiger partial charge in [0, 0.05) is 23.6 Å². The highest BCUT2D eigenvalue weighted by Gasteiger charge is 2.13. The van der Waals surface area contributed by atoms with Crippen molar-refractivity contribution in [2.75, 3.05) is 6.54 Å². The first-order chi connectivity index (χ1) is 14.5. The van der Waals surface area contributed by atoms with E-state index in [-0.39, 0.29) is 11.8 Å². The monoisotopic (exact) mass is 419 g/mol. The minimum Gasteiger partial charge on any atom is -0.354 e. The van der Waals surface area contributed by atoms with Gasteiger partial charge in [0.1, 0.15) is 6.04 Å². The second-order valence-electron chi connectivity index (χ2n) is 6.96. The molecule has 1 aromatic heterocycles. The molecular formula is C24H25N3O2S. The van der Waals surface area contributed by atoms with E-state index in [2.05, 4.69) is 33.1 Å². The summed E-state index contributed by atoms with van der Waals surface area (Å²) in [6.07, 6.45) is 3.87. The third-order valence-electron chi connectivity index (χ3n) is 4.56. The zero-order valence-corrected chi connectivity index (χ0v) is 17.9. The molecule has 0 aliphatic rings. The van der Waals surface area contributed by atoms with Gasteiger partial charge in [-0.1, -0.05) is 54.6 Å². The van der Waals surface area contributed by atoms with Gasteiger partial charge < -0.3 is 10.6 Å². The summed E-state index contributed by atoms with van der Waals surface area (Å²) in [5.41, 5.74) is 4.14. The Bertz CT molecular complexity index is 1010. The van der Waals surface area contributed by atoms with E-state index >= 15 is 0 Å². The van der Waals surface area contributed by atoms with Gasteiger partial charge in [-0.25, -0.2) is 4.98 Å². The van der Waals surface area contributed by atoms with E-state index in [1.54, 1.807) is 24.3 Å². The van der Waals surface area contributed by atoms with Crippen LogP contribution in [0, 0.1) is 6.92 Å². The number of hydrogen-bond donors (Lipinski definition) is 2. The Hall–Kier alpha value is -3.25. The third-order valence-corrected chi connectivity index (χ3v) is 5.33. The molecule has 0 bridgehead atoms. The molecule has 1 atom stereocenters. The zero-order chi connectivity index (χ0) is 21.3. The maximum Gasteiger partial charge on any atom is 0.244 e. The average molecular weight is 420 g/mol. The number of thiazole rings is 1. The minimum absolute atomic E-state index is 0.203. The molecule has 0 saturated carbocycles. The van der Waals surface area contributed by atoms with Crippen LogP contribution >= 0.6 is 11.3 Å². The van der Waals surface area contributed by atoms with Crippen molar-refractivity contribution in [1.29, 1.82) is 0 Å². The lowest BCUT2D eigenvalue weighted by Gasteiger charge is -2.13. The fraction of sp³-hybridized carbons (Fsp3) is 0.208. The third kappa shape index (κ3) is 6.39. The van der Waals surface area contributed by atoms with Gasteiger partial charge in [-0.05, 0) is 37.5 Å². The van der Waals surface area contributed by atoms with E-state index in [1.807, 2.05) is 49.4 Å². The van der Waals surface area contributed by atoms with Gasteiger partial charge >= 0.3 is 0 Å². The number of aryl methyl sites for hydroxylation is 1. The highest BCUT2D eigenvalue weighted by molar-refractivity contribution is 7.09. The van der Waals surface area contributed by atoms with Crippen molar-refractivity contribution in [3.63, 3.8) is 0 Å². The molecule has 0 fully saturated rings. The second kappa shape index (κ2) is 10.5. The molecule has 30 heavy (non-hydrogen) atoms. The van der Waals surface area contributed by atoms with E-state index in [4.69, 9.17) is 0 Å². The molecule has 3 aromatic rings. The lowest BCUT2D eigenvalue weighted by molar-refractivity contribution is -0.126. The maximum absolute atomic E-state index is 12.2. The van der Waals surface area contributed by atoms with Gasteiger partial charge in [-0.15, -0.1) is 11.3 Å². The van der Waals surface area contributed by atoms with E-state index < -0.39 is 6.04 Å². The Morgan fingerprint density at radius 1 is 1.10 bits per heavy atom. The first kappa shape index (κ1) is 21.5. The zero-order valence-electron chi connectivity index (χ0n) is 17.1. The molecule has 1 unspecified atom stereocenters. The van der Waals surface area contributed by atoms with Crippen molar-refractivity contribution in [3.8, 4) is 11.3 Å². The molecule has 0 radical (unpaired) electrons. The van der Waals surface area contributed by atoms with Gasteiger partial charge in [-0.2, -0.15) is 0 Å². The van der Waals surface area contributed by atoms with Crippen LogP contribution in [0.15, 0.2) is 66.1 Å². The molecule has 0 spiro atoms. The lowest BCUT2D eigenvalue weighted by Crippen LogP contribution is -2.44. The SMILES string of the molecule is Cc1nc(-c2ccc(CCNC(=O)C(C)NC(=O)/C=C/c3ccccc3)cc2)cs1. The van der Waals surface area contributed by atoms with Crippen LogP contribution in [-0.4, -0.2) is 29.4 Å². The van der Waals surface area contributed by atoms with E-state index in [9.17, 15) is 9.59 Å². The minimum atomic E-state index is -0.604. The molecule has 5 nitrogen and oxygen atoms in total. The van der Waals surface area contributed by atoms with Crippen LogP contribution in [0.5, 0.6) is 0 Å². The Kier molecular flexibility index (Phi) is 7.51. The summed E-state index contributed by atoms with van der Waals surface area (Å²) in [7, 11) is 0. The number of nitrogens with zero attached hydrogens (tertiary/aromatic N) is 1.